The minimum atomic E-state index is -1.29. The smallest absolute Gasteiger partial charge is 0.407 e. The molecule has 1 aromatic heterocycles. The van der Waals surface area contributed by atoms with Gasteiger partial charge in [0.15, 0.2) is 0 Å². The quantitative estimate of drug-likeness (QED) is 0.653. The van der Waals surface area contributed by atoms with Crippen LogP contribution in [0.2, 0.25) is 0 Å². The average Bonchev–Trinajstić information content (AvgIpc) is 3.06. The predicted molar refractivity (Wildman–Crippen MR) is 118 cm³/mol. The second kappa shape index (κ2) is 9.70. The lowest BCUT2D eigenvalue weighted by atomic mass is 10.1. The fourth-order valence-electron chi connectivity index (χ4n) is 3.16. The highest BCUT2D eigenvalue weighted by molar-refractivity contribution is 7.90. The normalized spacial score (nSPS) is 19.5. The van der Waals surface area contributed by atoms with Gasteiger partial charge in [0.2, 0.25) is 0 Å². The number of carbonyl (C=O) groups excluding carboxylic acids is 1. The summed E-state index contributed by atoms with van der Waals surface area (Å²) in [4.78, 5) is 18.3. The summed E-state index contributed by atoms with van der Waals surface area (Å²) in [6, 6.07) is 1.12. The van der Waals surface area contributed by atoms with Crippen LogP contribution in [0.25, 0.3) is 0 Å². The molecule has 0 spiro atoms. The third-order valence-corrected chi connectivity index (χ3v) is 6.37. The highest BCUT2D eigenvalue weighted by atomic mass is 32.2. The van der Waals surface area contributed by atoms with Crippen molar-refractivity contribution in [2.24, 2.45) is 5.92 Å². The van der Waals surface area contributed by atoms with E-state index in [9.17, 15) is 13.7 Å². The molecule has 0 bridgehead atoms. The summed E-state index contributed by atoms with van der Waals surface area (Å²) < 4.78 is 34.3. The van der Waals surface area contributed by atoms with Crippen LogP contribution in [-0.4, -0.2) is 45.6 Å². The molecule has 1 aliphatic heterocycles. The van der Waals surface area contributed by atoms with E-state index in [0.717, 1.165) is 13.0 Å². The predicted octanol–water partition coefficient (Wildman–Crippen LogP) is 3.68. The van der Waals surface area contributed by atoms with Gasteiger partial charge in [-0.1, -0.05) is 0 Å². The Kier molecular flexibility index (Phi) is 7.98. The first-order valence-electron chi connectivity index (χ1n) is 10.3. The number of hydrogen-bond donors (Lipinski definition) is 2. The minimum absolute atomic E-state index is 0.240. The van der Waals surface area contributed by atoms with Gasteiger partial charge in [-0.25, -0.2) is 14.2 Å². The maximum atomic E-state index is 13.9. The van der Waals surface area contributed by atoms with Gasteiger partial charge in [-0.3, -0.25) is 0 Å². The molecule has 9 heteroatoms. The first-order chi connectivity index (χ1) is 13.8. The number of carbonyl (C=O) groups is 1. The number of aromatic nitrogens is 1. The van der Waals surface area contributed by atoms with Gasteiger partial charge in [-0.2, -0.15) is 0 Å². The molecule has 1 fully saturated rings. The number of amides is 1. The number of pyridine rings is 1. The molecule has 2 N–H and O–H groups in total. The molecule has 0 radical (unpaired) electrons. The Balaban J connectivity index is 2.03. The summed E-state index contributed by atoms with van der Waals surface area (Å²) >= 11 is -1.29. The van der Waals surface area contributed by atoms with E-state index >= 15 is 0 Å². The number of nitrogens with one attached hydrogen (secondary N) is 2. The molecule has 1 aromatic rings. The lowest BCUT2D eigenvalue weighted by molar-refractivity contribution is 0.0520. The molecule has 1 aliphatic rings. The first-order valence-corrected chi connectivity index (χ1v) is 11.5. The van der Waals surface area contributed by atoms with Gasteiger partial charge in [-0.15, -0.1) is 4.72 Å². The fraction of sp³-hybridized carbons (Fsp3) is 0.714. The Bertz CT molecular complexity index is 736. The number of alkyl carbamates (subject to hydrolysis) is 1. The zero-order valence-electron chi connectivity index (χ0n) is 19.0. The van der Waals surface area contributed by atoms with Crippen molar-refractivity contribution in [1.29, 1.82) is 0 Å². The summed E-state index contributed by atoms with van der Waals surface area (Å²) in [6.45, 7) is 14.9. The molecule has 1 amide bonds. The first kappa shape index (κ1) is 24.7. The second-order valence-corrected chi connectivity index (χ2v) is 11.8. The molecule has 0 aromatic carbocycles. The van der Waals surface area contributed by atoms with E-state index in [1.807, 2.05) is 48.5 Å². The summed E-state index contributed by atoms with van der Waals surface area (Å²) in [7, 11) is 0. The third-order valence-electron chi connectivity index (χ3n) is 4.69. The number of rotatable bonds is 6. The van der Waals surface area contributed by atoms with E-state index in [2.05, 4.69) is 19.9 Å². The Morgan fingerprint density at radius 3 is 2.67 bits per heavy atom. The molecule has 3 atom stereocenters. The van der Waals surface area contributed by atoms with Gasteiger partial charge in [0.25, 0.3) is 0 Å². The van der Waals surface area contributed by atoms with Gasteiger partial charge < -0.3 is 19.5 Å². The fourth-order valence-corrected chi connectivity index (χ4v) is 3.97. The standard InChI is InChI=1S/C21H35FN4O3S/c1-14(25-30(28)21(5,6)7)17-10-16(22)12-23-18(17)26-9-8-15(13-26)11-24-19(27)29-20(2,3)4/h10,12,14-15,25H,8-9,11,13H2,1-7H3,(H,24,27)/t14-,15-,30?/m1/s1. The van der Waals surface area contributed by atoms with Crippen molar-refractivity contribution in [2.75, 3.05) is 24.5 Å². The van der Waals surface area contributed by atoms with Crippen LogP contribution >= 0.6 is 0 Å². The van der Waals surface area contributed by atoms with Gasteiger partial charge in [0.1, 0.15) is 22.0 Å². The van der Waals surface area contributed by atoms with Crippen molar-refractivity contribution < 1.29 is 18.5 Å². The van der Waals surface area contributed by atoms with Crippen molar-refractivity contribution in [1.82, 2.24) is 15.0 Å². The Morgan fingerprint density at radius 2 is 2.07 bits per heavy atom. The van der Waals surface area contributed by atoms with Crippen molar-refractivity contribution >= 4 is 23.3 Å². The molecule has 170 valence electrons. The molecule has 1 unspecified atom stereocenters. The van der Waals surface area contributed by atoms with Crippen LogP contribution in [0.15, 0.2) is 12.3 Å². The molecular weight excluding hydrogens is 407 g/mol. The molecule has 0 saturated carbocycles. The van der Waals surface area contributed by atoms with Crippen LogP contribution in [0.5, 0.6) is 0 Å². The van der Waals surface area contributed by atoms with Gasteiger partial charge in [0.05, 0.1) is 12.2 Å². The minimum Gasteiger partial charge on any atom is -0.598 e. The highest BCUT2D eigenvalue weighted by Crippen LogP contribution is 2.30. The summed E-state index contributed by atoms with van der Waals surface area (Å²) in [5, 5.41) is 2.82. The number of halogens is 1. The average molecular weight is 443 g/mol. The number of ether oxygens (including phenoxy) is 1. The van der Waals surface area contributed by atoms with Crippen LogP contribution in [0.3, 0.4) is 0 Å². The van der Waals surface area contributed by atoms with E-state index in [1.54, 1.807) is 0 Å². The molecule has 7 nitrogen and oxygen atoms in total. The number of hydrogen-bond acceptors (Lipinski definition) is 6. The Morgan fingerprint density at radius 1 is 1.40 bits per heavy atom. The summed E-state index contributed by atoms with van der Waals surface area (Å²) in [5.74, 6) is 0.498. The van der Waals surface area contributed by atoms with Gasteiger partial charge in [0, 0.05) is 36.6 Å². The highest BCUT2D eigenvalue weighted by Gasteiger charge is 2.32. The van der Waals surface area contributed by atoms with Crippen LogP contribution < -0.4 is 14.9 Å². The Hall–Kier alpha value is -1.58. The van der Waals surface area contributed by atoms with Crippen molar-refractivity contribution in [3.05, 3.63) is 23.6 Å². The number of nitrogens with zero attached hydrogens (tertiary/aromatic N) is 2. The van der Waals surface area contributed by atoms with Crippen LogP contribution in [0, 0.1) is 11.7 Å². The summed E-state index contributed by atoms with van der Waals surface area (Å²) in [5.41, 5.74) is 0.142. The largest absolute Gasteiger partial charge is 0.598 e. The van der Waals surface area contributed by atoms with Crippen LogP contribution in [-0.2, 0) is 16.1 Å². The van der Waals surface area contributed by atoms with Gasteiger partial charge in [-0.05, 0) is 66.9 Å². The maximum absolute atomic E-state index is 13.9. The monoisotopic (exact) mass is 442 g/mol. The number of anilines is 1. The third kappa shape index (κ3) is 7.28. The second-order valence-electron chi connectivity index (χ2n) is 9.77. The van der Waals surface area contributed by atoms with Crippen molar-refractivity contribution in [2.45, 2.75) is 71.3 Å². The van der Waals surface area contributed by atoms with E-state index < -0.39 is 33.6 Å². The SMILES string of the molecule is C[C@@H](N[S+]([O-])C(C)(C)C)c1cc(F)cnc1N1CC[C@H](CNC(=O)OC(C)(C)C)C1. The molecule has 30 heavy (non-hydrogen) atoms. The lowest BCUT2D eigenvalue weighted by Crippen LogP contribution is -2.41. The van der Waals surface area contributed by atoms with Crippen LogP contribution in [0.1, 0.15) is 66.5 Å². The maximum Gasteiger partial charge on any atom is 0.407 e. The molecule has 2 heterocycles. The van der Waals surface area contributed by atoms with Crippen molar-refractivity contribution in [3.63, 3.8) is 0 Å². The lowest BCUT2D eigenvalue weighted by Gasteiger charge is -2.28. The van der Waals surface area contributed by atoms with E-state index in [1.165, 1.54) is 12.3 Å². The molecule has 2 rings (SSSR count). The zero-order valence-corrected chi connectivity index (χ0v) is 19.9. The van der Waals surface area contributed by atoms with E-state index in [0.29, 0.717) is 24.5 Å². The summed E-state index contributed by atoms with van der Waals surface area (Å²) in [6.07, 6.45) is 1.66. The topological polar surface area (TPSA) is 89.5 Å². The molecule has 1 saturated heterocycles. The van der Waals surface area contributed by atoms with Crippen LogP contribution in [0.4, 0.5) is 15.0 Å². The van der Waals surface area contributed by atoms with Crippen molar-refractivity contribution in [3.8, 4) is 0 Å². The molecular formula is C21H35FN4O3S. The van der Waals surface area contributed by atoms with Gasteiger partial charge >= 0.3 is 6.09 Å². The van der Waals surface area contributed by atoms with E-state index in [-0.39, 0.29) is 12.0 Å². The zero-order chi connectivity index (χ0) is 22.7. The Labute approximate surface area is 182 Å². The molecule has 0 aliphatic carbocycles. The van der Waals surface area contributed by atoms with E-state index in [4.69, 9.17) is 4.74 Å².